The summed E-state index contributed by atoms with van der Waals surface area (Å²) in [5.74, 6) is -0.607. The Hall–Kier alpha value is -2.90. The van der Waals surface area contributed by atoms with Crippen LogP contribution in [0.4, 0.5) is 8.78 Å². The van der Waals surface area contributed by atoms with Gasteiger partial charge >= 0.3 is 5.97 Å². The number of aliphatic carboxylic acids is 1. The molecule has 0 aliphatic rings. The number of carbonyl (C=O) groups is 1. The van der Waals surface area contributed by atoms with Crippen molar-refractivity contribution in [3.05, 3.63) is 41.6 Å². The maximum atomic E-state index is 13.8. The summed E-state index contributed by atoms with van der Waals surface area (Å²) in [4.78, 5) is 19.4. The fourth-order valence-corrected chi connectivity index (χ4v) is 2.92. The zero-order chi connectivity index (χ0) is 19.0. The third kappa shape index (κ3) is 3.26. The van der Waals surface area contributed by atoms with Crippen LogP contribution in [0.25, 0.3) is 22.0 Å². The van der Waals surface area contributed by atoms with E-state index in [1.165, 1.54) is 6.07 Å². The minimum Gasteiger partial charge on any atom is -0.480 e. The number of hydrogen-bond donors (Lipinski definition) is 1. The van der Waals surface area contributed by atoms with Crippen molar-refractivity contribution in [2.75, 3.05) is 0 Å². The molecule has 0 saturated carbocycles. The lowest BCUT2D eigenvalue weighted by molar-refractivity contribution is -0.137. The van der Waals surface area contributed by atoms with E-state index in [4.69, 9.17) is 5.11 Å². The summed E-state index contributed by atoms with van der Waals surface area (Å²) in [6, 6.07) is 3.10. The number of hydrogen-bond acceptors (Lipinski definition) is 4. The van der Waals surface area contributed by atoms with Crippen LogP contribution in [0.5, 0.6) is 0 Å². The summed E-state index contributed by atoms with van der Waals surface area (Å²) in [6.07, 6.45) is 0.387. The van der Waals surface area contributed by atoms with Crippen LogP contribution in [0.3, 0.4) is 0 Å². The van der Waals surface area contributed by atoms with Gasteiger partial charge in [0, 0.05) is 28.9 Å². The molecule has 26 heavy (non-hydrogen) atoms. The quantitative estimate of drug-likeness (QED) is 0.745. The number of rotatable bonds is 5. The highest BCUT2D eigenvalue weighted by Gasteiger charge is 2.23. The Labute approximate surface area is 148 Å². The van der Waals surface area contributed by atoms with E-state index in [1.807, 2.05) is 13.8 Å². The van der Waals surface area contributed by atoms with Crippen molar-refractivity contribution in [1.29, 1.82) is 0 Å². The summed E-state index contributed by atoms with van der Waals surface area (Å²) < 4.78 is 28.7. The first-order chi connectivity index (χ1) is 12.3. The van der Waals surface area contributed by atoms with Gasteiger partial charge in [-0.25, -0.2) is 18.7 Å². The second-order valence-corrected chi connectivity index (χ2v) is 6.37. The third-order valence-corrected chi connectivity index (χ3v) is 4.08. The zero-order valence-electron chi connectivity index (χ0n) is 14.6. The highest BCUT2D eigenvalue weighted by molar-refractivity contribution is 5.91. The number of benzene rings is 1. The van der Waals surface area contributed by atoms with E-state index in [-0.39, 0.29) is 17.0 Å². The minimum atomic E-state index is -2.77. The Morgan fingerprint density at radius 1 is 1.19 bits per heavy atom. The lowest BCUT2D eigenvalue weighted by atomic mass is 9.98. The lowest BCUT2D eigenvalue weighted by Crippen LogP contribution is -2.11. The van der Waals surface area contributed by atoms with Gasteiger partial charge in [-0.3, -0.25) is 9.48 Å². The first-order valence-electron chi connectivity index (χ1n) is 8.11. The number of alkyl halides is 2. The average molecular weight is 360 g/mol. The molecule has 0 atom stereocenters. The van der Waals surface area contributed by atoms with Gasteiger partial charge in [0.2, 0.25) is 0 Å². The lowest BCUT2D eigenvalue weighted by Gasteiger charge is -2.10. The Morgan fingerprint density at radius 3 is 2.38 bits per heavy atom. The molecular formula is C18H18F2N4O2. The molecule has 3 aromatic rings. The van der Waals surface area contributed by atoms with Crippen LogP contribution in [0.15, 0.2) is 24.5 Å². The van der Waals surface area contributed by atoms with Crippen molar-refractivity contribution in [3.63, 3.8) is 0 Å². The molecule has 136 valence electrons. The van der Waals surface area contributed by atoms with Crippen molar-refractivity contribution in [1.82, 2.24) is 19.7 Å². The highest BCUT2D eigenvalue weighted by Crippen LogP contribution is 2.36. The molecule has 0 saturated heterocycles. The molecule has 0 spiro atoms. The smallest absolute Gasteiger partial charge is 0.325 e. The van der Waals surface area contributed by atoms with E-state index in [1.54, 1.807) is 25.4 Å². The SMILES string of the molecule is Cc1ncc(-c2cc(C(F)F)c3c(c2)c(C(C)C)nn3CC(=O)O)cn1. The van der Waals surface area contributed by atoms with Gasteiger partial charge in [-0.1, -0.05) is 13.8 Å². The van der Waals surface area contributed by atoms with Gasteiger partial charge in [-0.05, 0) is 30.5 Å². The van der Waals surface area contributed by atoms with Crippen LogP contribution >= 0.6 is 0 Å². The highest BCUT2D eigenvalue weighted by atomic mass is 19.3. The summed E-state index contributed by atoms with van der Waals surface area (Å²) in [5.41, 5.74) is 1.64. The van der Waals surface area contributed by atoms with Gasteiger partial charge in [0.05, 0.1) is 11.2 Å². The number of carboxylic acids is 1. The number of aryl methyl sites for hydroxylation is 1. The number of fused-ring (bicyclic) bond motifs is 1. The molecule has 0 aliphatic carbocycles. The van der Waals surface area contributed by atoms with Gasteiger partial charge in [-0.15, -0.1) is 0 Å². The van der Waals surface area contributed by atoms with Crippen molar-refractivity contribution in [2.24, 2.45) is 0 Å². The molecule has 0 radical (unpaired) electrons. The number of aromatic nitrogens is 4. The molecule has 2 aromatic heterocycles. The van der Waals surface area contributed by atoms with E-state index in [2.05, 4.69) is 15.1 Å². The monoisotopic (exact) mass is 360 g/mol. The average Bonchev–Trinajstić information content (AvgIpc) is 2.92. The van der Waals surface area contributed by atoms with Crippen molar-refractivity contribution in [2.45, 2.75) is 39.7 Å². The predicted molar refractivity (Wildman–Crippen MR) is 92.2 cm³/mol. The normalized spacial score (nSPS) is 11.7. The topological polar surface area (TPSA) is 80.9 Å². The predicted octanol–water partition coefficient (Wildman–Crippen LogP) is 3.95. The van der Waals surface area contributed by atoms with Crippen LogP contribution in [0.2, 0.25) is 0 Å². The van der Waals surface area contributed by atoms with Gasteiger partial charge in [-0.2, -0.15) is 5.10 Å². The fraction of sp³-hybridized carbons (Fsp3) is 0.333. The van der Waals surface area contributed by atoms with Crippen LogP contribution in [0, 0.1) is 6.92 Å². The zero-order valence-corrected chi connectivity index (χ0v) is 14.6. The summed E-state index contributed by atoms with van der Waals surface area (Å²) in [5, 5.41) is 13.9. The van der Waals surface area contributed by atoms with E-state index in [9.17, 15) is 13.6 Å². The molecule has 0 unspecified atom stereocenters. The molecule has 2 heterocycles. The molecule has 8 heteroatoms. The van der Waals surface area contributed by atoms with Gasteiger partial charge in [0.15, 0.2) is 0 Å². The Bertz CT molecular complexity index is 965. The summed E-state index contributed by atoms with van der Waals surface area (Å²) in [6.45, 7) is 5.04. The summed E-state index contributed by atoms with van der Waals surface area (Å²) in [7, 11) is 0. The molecule has 6 nitrogen and oxygen atoms in total. The second-order valence-electron chi connectivity index (χ2n) is 6.37. The second kappa shape index (κ2) is 6.78. The molecule has 3 rings (SSSR count). The van der Waals surface area contributed by atoms with Crippen molar-refractivity contribution in [3.8, 4) is 11.1 Å². The maximum Gasteiger partial charge on any atom is 0.325 e. The first kappa shape index (κ1) is 17.9. The molecular weight excluding hydrogens is 342 g/mol. The molecule has 1 aromatic carbocycles. The van der Waals surface area contributed by atoms with E-state index < -0.39 is 18.9 Å². The first-order valence-corrected chi connectivity index (χ1v) is 8.11. The van der Waals surface area contributed by atoms with E-state index in [0.29, 0.717) is 28.0 Å². The Morgan fingerprint density at radius 2 is 1.85 bits per heavy atom. The molecule has 0 aliphatic heterocycles. The molecule has 1 N–H and O–H groups in total. The van der Waals surface area contributed by atoms with Crippen LogP contribution in [-0.2, 0) is 11.3 Å². The van der Waals surface area contributed by atoms with Gasteiger partial charge < -0.3 is 5.11 Å². The number of carboxylic acid groups (broad SMARTS) is 1. The molecule has 0 amide bonds. The van der Waals surface area contributed by atoms with E-state index >= 15 is 0 Å². The number of halogens is 2. The van der Waals surface area contributed by atoms with Crippen LogP contribution in [-0.4, -0.2) is 30.8 Å². The Kier molecular flexibility index (Phi) is 4.67. The van der Waals surface area contributed by atoms with Gasteiger partial charge in [0.1, 0.15) is 12.4 Å². The minimum absolute atomic E-state index is 0.0532. The van der Waals surface area contributed by atoms with E-state index in [0.717, 1.165) is 4.68 Å². The van der Waals surface area contributed by atoms with Gasteiger partial charge in [0.25, 0.3) is 6.43 Å². The standard InChI is InChI=1S/C18H18F2N4O2/c1-9(2)16-13-4-11(12-6-21-10(3)22-7-12)5-14(18(19)20)17(13)24(23-16)8-15(25)26/h4-7,9,18H,8H2,1-3H3,(H,25,26). The largest absolute Gasteiger partial charge is 0.480 e. The van der Waals surface area contributed by atoms with Crippen molar-refractivity contribution >= 4 is 16.9 Å². The maximum absolute atomic E-state index is 13.8. The fourth-order valence-electron chi connectivity index (χ4n) is 2.92. The summed E-state index contributed by atoms with van der Waals surface area (Å²) >= 11 is 0. The number of nitrogens with zero attached hydrogens (tertiary/aromatic N) is 4. The molecule has 0 bridgehead atoms. The van der Waals surface area contributed by atoms with Crippen LogP contribution in [0.1, 0.15) is 43.3 Å². The Balaban J connectivity index is 2.32. The third-order valence-electron chi connectivity index (χ3n) is 4.08. The molecule has 0 fully saturated rings. The van der Waals surface area contributed by atoms with Crippen molar-refractivity contribution < 1.29 is 18.7 Å². The van der Waals surface area contributed by atoms with Crippen LogP contribution < -0.4 is 0 Å².